The molecule has 0 aliphatic heterocycles. The van der Waals surface area contributed by atoms with Gasteiger partial charge in [-0.15, -0.1) is 0 Å². The Labute approximate surface area is 301 Å². The molecule has 0 bridgehead atoms. The molecule has 10 rings (SSSR count). The van der Waals surface area contributed by atoms with E-state index in [1.54, 1.807) is 0 Å². The maximum absolute atomic E-state index is 4.96. The molecule has 52 heavy (non-hydrogen) atoms. The molecule has 0 fully saturated rings. The minimum Gasteiger partial charge on any atom is -0.308 e. The van der Waals surface area contributed by atoms with E-state index in [0.717, 1.165) is 55.7 Å². The number of rotatable bonds is 5. The van der Waals surface area contributed by atoms with E-state index < -0.39 is 0 Å². The zero-order valence-corrected chi connectivity index (χ0v) is 28.5. The summed E-state index contributed by atoms with van der Waals surface area (Å²) in [4.78, 5) is 14.6. The van der Waals surface area contributed by atoms with E-state index in [0.29, 0.717) is 0 Å². The molecule has 244 valence electrons. The van der Waals surface area contributed by atoms with Crippen LogP contribution in [-0.2, 0) is 0 Å². The molecule has 0 atom stereocenters. The molecule has 0 unspecified atom stereocenters. The molecule has 4 heteroatoms. The molecule has 0 radical (unpaired) electrons. The maximum atomic E-state index is 4.96. The van der Waals surface area contributed by atoms with Gasteiger partial charge >= 0.3 is 0 Å². The fourth-order valence-corrected chi connectivity index (χ4v) is 7.82. The van der Waals surface area contributed by atoms with Gasteiger partial charge in [0.05, 0.1) is 27.9 Å². The number of pyridine rings is 3. The Morgan fingerprint density at radius 2 is 1.02 bits per heavy atom. The van der Waals surface area contributed by atoms with E-state index in [1.165, 1.54) is 43.8 Å². The van der Waals surface area contributed by atoms with Gasteiger partial charge in [-0.05, 0) is 99.3 Å². The smallest absolute Gasteiger partial charge is 0.0963 e. The van der Waals surface area contributed by atoms with Crippen molar-refractivity contribution in [3.05, 3.63) is 182 Å². The maximum Gasteiger partial charge on any atom is 0.0963 e. The van der Waals surface area contributed by atoms with Gasteiger partial charge in [-0.2, -0.15) is 0 Å². The fourth-order valence-electron chi connectivity index (χ4n) is 7.82. The van der Waals surface area contributed by atoms with Gasteiger partial charge in [0.2, 0.25) is 0 Å². The van der Waals surface area contributed by atoms with Crippen molar-refractivity contribution < 1.29 is 0 Å². The molecule has 0 aliphatic carbocycles. The van der Waals surface area contributed by atoms with Crippen molar-refractivity contribution in [3.63, 3.8) is 0 Å². The first-order valence-electron chi connectivity index (χ1n) is 17.6. The highest BCUT2D eigenvalue weighted by Gasteiger charge is 2.17. The largest absolute Gasteiger partial charge is 0.308 e. The highest BCUT2D eigenvalue weighted by molar-refractivity contribution is 6.21. The second kappa shape index (κ2) is 12.1. The lowest BCUT2D eigenvalue weighted by atomic mass is 9.86. The molecule has 0 aliphatic rings. The Kier molecular flexibility index (Phi) is 7.00. The van der Waals surface area contributed by atoms with Gasteiger partial charge < -0.3 is 4.57 Å². The number of fused-ring (bicyclic) bond motifs is 5. The van der Waals surface area contributed by atoms with Crippen LogP contribution >= 0.6 is 0 Å². The van der Waals surface area contributed by atoms with Gasteiger partial charge in [0.15, 0.2) is 0 Å². The summed E-state index contributed by atoms with van der Waals surface area (Å²) in [5, 5.41) is 6.06. The van der Waals surface area contributed by atoms with E-state index in [4.69, 9.17) is 15.0 Å². The van der Waals surface area contributed by atoms with Crippen LogP contribution in [0.15, 0.2) is 176 Å². The first-order valence-corrected chi connectivity index (χ1v) is 17.6. The van der Waals surface area contributed by atoms with E-state index in [9.17, 15) is 0 Å². The molecule has 4 aromatic heterocycles. The molecule has 4 heterocycles. The Balaban J connectivity index is 1.01. The highest BCUT2D eigenvalue weighted by atomic mass is 15.0. The monoisotopic (exact) mass is 664 g/mol. The molecule has 0 saturated carbocycles. The average molecular weight is 665 g/mol. The lowest BCUT2D eigenvalue weighted by Crippen LogP contribution is -1.95. The first-order chi connectivity index (χ1) is 25.7. The van der Waals surface area contributed by atoms with Crippen LogP contribution in [0.2, 0.25) is 0 Å². The van der Waals surface area contributed by atoms with Crippen LogP contribution in [0.25, 0.3) is 93.9 Å². The lowest BCUT2D eigenvalue weighted by molar-refractivity contribution is 1.17. The standard InChI is InChI=1S/C48H32N4/c1-31-20-25-44-41(27-31)48-45(19-10-26-49-48)52(44)36-14-9-13-33(28-36)34-21-23-42(50-29-34)43-24-22-35(30-51-43)47-39-17-7-5-15-37(39)46(32-11-3-2-4-12-32)38-16-6-8-18-40(38)47/h2-30H,1H3. The Bertz CT molecular complexity index is 2890. The van der Waals surface area contributed by atoms with Crippen LogP contribution in [0.3, 0.4) is 0 Å². The molecule has 0 spiro atoms. The van der Waals surface area contributed by atoms with Crippen LogP contribution < -0.4 is 0 Å². The number of nitrogens with zero attached hydrogens (tertiary/aromatic N) is 4. The van der Waals surface area contributed by atoms with Gasteiger partial charge in [-0.1, -0.05) is 115 Å². The molecular weight excluding hydrogens is 633 g/mol. The molecule has 4 nitrogen and oxygen atoms in total. The number of aromatic nitrogens is 4. The van der Waals surface area contributed by atoms with Crippen molar-refractivity contribution >= 4 is 43.5 Å². The zero-order valence-electron chi connectivity index (χ0n) is 28.5. The second-order valence-corrected chi connectivity index (χ2v) is 13.3. The Hall–Kier alpha value is -6.91. The minimum atomic E-state index is 0.837. The number of hydrogen-bond donors (Lipinski definition) is 0. The van der Waals surface area contributed by atoms with Gasteiger partial charge in [0.25, 0.3) is 0 Å². The topological polar surface area (TPSA) is 43.6 Å². The van der Waals surface area contributed by atoms with Crippen LogP contribution in [0.4, 0.5) is 0 Å². The van der Waals surface area contributed by atoms with Gasteiger partial charge in [-0.25, -0.2) is 0 Å². The molecule has 10 aromatic rings. The van der Waals surface area contributed by atoms with Crippen molar-refractivity contribution in [1.82, 2.24) is 19.5 Å². The van der Waals surface area contributed by atoms with E-state index >= 15 is 0 Å². The number of hydrogen-bond acceptors (Lipinski definition) is 3. The van der Waals surface area contributed by atoms with Crippen molar-refractivity contribution in [1.29, 1.82) is 0 Å². The van der Waals surface area contributed by atoms with Gasteiger partial charge in [-0.3, -0.25) is 15.0 Å². The summed E-state index contributed by atoms with van der Waals surface area (Å²) in [5.74, 6) is 0. The first kappa shape index (κ1) is 30.0. The van der Waals surface area contributed by atoms with Crippen LogP contribution in [0.1, 0.15) is 5.56 Å². The Morgan fingerprint density at radius 3 is 1.67 bits per heavy atom. The van der Waals surface area contributed by atoms with E-state index in [2.05, 4.69) is 163 Å². The van der Waals surface area contributed by atoms with Gasteiger partial charge in [0, 0.05) is 40.8 Å². The summed E-state index contributed by atoms with van der Waals surface area (Å²) in [5.41, 5.74) is 14.2. The van der Waals surface area contributed by atoms with Crippen LogP contribution in [-0.4, -0.2) is 19.5 Å². The third-order valence-electron chi connectivity index (χ3n) is 10.2. The van der Waals surface area contributed by atoms with Crippen molar-refractivity contribution in [2.24, 2.45) is 0 Å². The molecule has 0 N–H and O–H groups in total. The number of benzene rings is 6. The fraction of sp³-hybridized carbons (Fsp3) is 0.0208. The normalized spacial score (nSPS) is 11.6. The van der Waals surface area contributed by atoms with Crippen LogP contribution in [0, 0.1) is 6.92 Å². The third-order valence-corrected chi connectivity index (χ3v) is 10.2. The molecule has 6 aromatic carbocycles. The van der Waals surface area contributed by atoms with E-state index in [1.807, 2.05) is 24.7 Å². The van der Waals surface area contributed by atoms with Crippen molar-refractivity contribution in [2.45, 2.75) is 6.92 Å². The summed E-state index contributed by atoms with van der Waals surface area (Å²) in [6.07, 6.45) is 5.81. The summed E-state index contributed by atoms with van der Waals surface area (Å²) in [7, 11) is 0. The van der Waals surface area contributed by atoms with E-state index in [-0.39, 0.29) is 0 Å². The summed E-state index contributed by atoms with van der Waals surface area (Å²) >= 11 is 0. The van der Waals surface area contributed by atoms with Crippen molar-refractivity contribution in [2.75, 3.05) is 0 Å². The summed E-state index contributed by atoms with van der Waals surface area (Å²) in [6.45, 7) is 2.13. The quantitative estimate of drug-likeness (QED) is 0.172. The zero-order chi connectivity index (χ0) is 34.6. The molecule has 0 amide bonds. The second-order valence-electron chi connectivity index (χ2n) is 13.3. The Morgan fingerprint density at radius 1 is 0.404 bits per heavy atom. The summed E-state index contributed by atoms with van der Waals surface area (Å²) < 4.78 is 2.30. The number of aryl methyl sites for hydroxylation is 1. The predicted octanol–water partition coefficient (Wildman–Crippen LogP) is 12.3. The van der Waals surface area contributed by atoms with Crippen LogP contribution in [0.5, 0.6) is 0 Å². The minimum absolute atomic E-state index is 0.837. The SMILES string of the molecule is Cc1ccc2c(c1)c1ncccc1n2-c1cccc(-c2ccc(-c3ccc(-c4c5ccccc5c(-c5ccccc5)c5ccccc45)cn3)nc2)c1. The van der Waals surface area contributed by atoms with Crippen molar-refractivity contribution in [3.8, 4) is 50.5 Å². The van der Waals surface area contributed by atoms with Gasteiger partial charge in [0.1, 0.15) is 0 Å². The summed E-state index contributed by atoms with van der Waals surface area (Å²) in [6, 6.07) is 55.9. The average Bonchev–Trinajstić information content (AvgIpc) is 3.54. The lowest BCUT2D eigenvalue weighted by Gasteiger charge is -2.17. The predicted molar refractivity (Wildman–Crippen MR) is 216 cm³/mol. The molecular formula is C48H32N4. The highest BCUT2D eigenvalue weighted by Crippen LogP contribution is 2.43. The third kappa shape index (κ3) is 4.88. The molecule has 0 saturated heterocycles.